The molecule has 3 aromatic rings. The first kappa shape index (κ1) is 16.9. The summed E-state index contributed by atoms with van der Waals surface area (Å²) < 4.78 is 6.27. The fourth-order valence-corrected chi connectivity index (χ4v) is 2.63. The quantitative estimate of drug-likeness (QED) is 0.700. The van der Waals surface area contributed by atoms with Crippen molar-refractivity contribution in [3.05, 3.63) is 69.0 Å². The molecule has 0 unspecified atom stereocenters. The number of halogens is 1. The summed E-state index contributed by atoms with van der Waals surface area (Å²) in [7, 11) is 0. The molecule has 2 aromatic carbocycles. The summed E-state index contributed by atoms with van der Waals surface area (Å²) in [6.45, 7) is 1.41. The predicted octanol–water partition coefficient (Wildman–Crippen LogP) is 3.77. The molecule has 0 radical (unpaired) electrons. The van der Waals surface area contributed by atoms with Gasteiger partial charge in [-0.25, -0.2) is 0 Å². The van der Waals surface area contributed by atoms with Crippen LogP contribution in [0.25, 0.3) is 11.0 Å². The number of anilines is 2. The highest BCUT2D eigenvalue weighted by molar-refractivity contribution is 9.10. The second-order valence-electron chi connectivity index (χ2n) is 5.33. The third kappa shape index (κ3) is 3.95. The Labute approximate surface area is 151 Å². The molecule has 0 spiro atoms. The Balaban J connectivity index is 1.83. The van der Waals surface area contributed by atoms with E-state index in [4.69, 9.17) is 4.42 Å². The number of amides is 2. The lowest BCUT2D eigenvalue weighted by Gasteiger charge is -2.07. The van der Waals surface area contributed by atoms with Crippen molar-refractivity contribution in [2.75, 3.05) is 10.6 Å². The summed E-state index contributed by atoms with van der Waals surface area (Å²) in [4.78, 5) is 35.5. The molecule has 1 aromatic heterocycles. The second-order valence-corrected chi connectivity index (χ2v) is 6.24. The van der Waals surface area contributed by atoms with Crippen molar-refractivity contribution in [2.45, 2.75) is 6.92 Å². The maximum Gasteiger partial charge on any atom is 0.291 e. The van der Waals surface area contributed by atoms with E-state index in [1.165, 1.54) is 6.92 Å². The van der Waals surface area contributed by atoms with Gasteiger partial charge in [-0.2, -0.15) is 0 Å². The molecule has 0 saturated heterocycles. The van der Waals surface area contributed by atoms with E-state index >= 15 is 0 Å². The van der Waals surface area contributed by atoms with Crippen LogP contribution in [0.5, 0.6) is 0 Å². The van der Waals surface area contributed by atoms with Crippen LogP contribution in [0.1, 0.15) is 17.5 Å². The molecule has 0 bridgehead atoms. The van der Waals surface area contributed by atoms with E-state index in [0.29, 0.717) is 22.3 Å². The number of hydrogen-bond donors (Lipinski definition) is 2. The van der Waals surface area contributed by atoms with Crippen molar-refractivity contribution in [1.29, 1.82) is 0 Å². The molecule has 6 nitrogen and oxygen atoms in total. The zero-order chi connectivity index (χ0) is 18.0. The van der Waals surface area contributed by atoms with Gasteiger partial charge in [0.25, 0.3) is 5.91 Å². The van der Waals surface area contributed by atoms with Crippen LogP contribution in [-0.4, -0.2) is 11.8 Å². The molecule has 0 fully saturated rings. The zero-order valence-electron chi connectivity index (χ0n) is 13.1. The molecule has 25 heavy (non-hydrogen) atoms. The van der Waals surface area contributed by atoms with E-state index < -0.39 is 5.91 Å². The van der Waals surface area contributed by atoms with Crippen LogP contribution >= 0.6 is 15.9 Å². The second kappa shape index (κ2) is 6.90. The molecule has 7 heteroatoms. The molecule has 2 N–H and O–H groups in total. The van der Waals surface area contributed by atoms with Crippen LogP contribution in [0, 0.1) is 0 Å². The van der Waals surface area contributed by atoms with Crippen molar-refractivity contribution in [3.8, 4) is 0 Å². The van der Waals surface area contributed by atoms with Crippen molar-refractivity contribution in [3.63, 3.8) is 0 Å². The number of hydrogen-bond acceptors (Lipinski definition) is 4. The standard InChI is InChI=1S/C18H13BrN2O4/c1-10(22)20-12-3-5-13(6-4-12)21-18(24)17-9-15(23)14-8-11(19)2-7-16(14)25-17/h2-9H,1H3,(H,20,22)(H,21,24). The first-order valence-electron chi connectivity index (χ1n) is 7.35. The first-order valence-corrected chi connectivity index (χ1v) is 8.14. The number of rotatable bonds is 3. The Morgan fingerprint density at radius 2 is 1.60 bits per heavy atom. The number of carbonyl (C=O) groups excluding carboxylic acids is 2. The molecule has 0 aliphatic heterocycles. The first-order chi connectivity index (χ1) is 11.9. The van der Waals surface area contributed by atoms with Gasteiger partial charge < -0.3 is 15.1 Å². The number of carbonyl (C=O) groups is 2. The maximum atomic E-state index is 12.3. The van der Waals surface area contributed by atoms with Gasteiger partial charge in [0, 0.05) is 28.8 Å². The van der Waals surface area contributed by atoms with Gasteiger partial charge in [-0.3, -0.25) is 14.4 Å². The zero-order valence-corrected chi connectivity index (χ0v) is 14.7. The Morgan fingerprint density at radius 1 is 0.960 bits per heavy atom. The SMILES string of the molecule is CC(=O)Nc1ccc(NC(=O)c2cc(=O)c3cc(Br)ccc3o2)cc1. The van der Waals surface area contributed by atoms with Gasteiger partial charge in [0.1, 0.15) is 5.58 Å². The van der Waals surface area contributed by atoms with Gasteiger partial charge in [-0.05, 0) is 42.5 Å². The number of nitrogens with one attached hydrogen (secondary N) is 2. The van der Waals surface area contributed by atoms with Crippen LogP contribution in [0.4, 0.5) is 11.4 Å². The van der Waals surface area contributed by atoms with Crippen LogP contribution < -0.4 is 16.1 Å². The summed E-state index contributed by atoms with van der Waals surface area (Å²) in [5.41, 5.74) is 1.17. The molecule has 2 amide bonds. The minimum atomic E-state index is -0.533. The highest BCUT2D eigenvalue weighted by Gasteiger charge is 2.13. The van der Waals surface area contributed by atoms with Crippen molar-refractivity contribution >= 4 is 50.1 Å². The third-order valence-corrected chi connectivity index (χ3v) is 3.87. The molecule has 0 aliphatic rings. The van der Waals surface area contributed by atoms with E-state index in [0.717, 1.165) is 10.5 Å². The Kier molecular flexibility index (Phi) is 4.67. The van der Waals surface area contributed by atoms with E-state index in [-0.39, 0.29) is 17.1 Å². The highest BCUT2D eigenvalue weighted by atomic mass is 79.9. The molecular formula is C18H13BrN2O4. The molecule has 0 aliphatic carbocycles. The largest absolute Gasteiger partial charge is 0.451 e. The molecular weight excluding hydrogens is 388 g/mol. The summed E-state index contributed by atoms with van der Waals surface area (Å²) in [5, 5.41) is 5.68. The van der Waals surface area contributed by atoms with Crippen LogP contribution in [-0.2, 0) is 4.79 Å². The summed E-state index contributed by atoms with van der Waals surface area (Å²) >= 11 is 3.29. The normalized spacial score (nSPS) is 10.5. The van der Waals surface area contributed by atoms with Gasteiger partial charge in [0.2, 0.25) is 5.91 Å². The highest BCUT2D eigenvalue weighted by Crippen LogP contribution is 2.19. The van der Waals surface area contributed by atoms with Gasteiger partial charge in [0.05, 0.1) is 5.39 Å². The van der Waals surface area contributed by atoms with Crippen molar-refractivity contribution < 1.29 is 14.0 Å². The molecule has 126 valence electrons. The topological polar surface area (TPSA) is 88.4 Å². The minimum absolute atomic E-state index is 0.0780. The monoisotopic (exact) mass is 400 g/mol. The van der Waals surface area contributed by atoms with Crippen LogP contribution in [0.15, 0.2) is 62.2 Å². The van der Waals surface area contributed by atoms with Gasteiger partial charge in [-0.1, -0.05) is 15.9 Å². The summed E-state index contributed by atoms with van der Waals surface area (Å²) in [5.74, 6) is -0.790. The Morgan fingerprint density at radius 3 is 2.24 bits per heavy atom. The number of fused-ring (bicyclic) bond motifs is 1. The van der Waals surface area contributed by atoms with Gasteiger partial charge in [-0.15, -0.1) is 0 Å². The lowest BCUT2D eigenvalue weighted by molar-refractivity contribution is -0.114. The predicted molar refractivity (Wildman–Crippen MR) is 98.9 cm³/mol. The fraction of sp³-hybridized carbons (Fsp3) is 0.0556. The lowest BCUT2D eigenvalue weighted by Crippen LogP contribution is -2.15. The van der Waals surface area contributed by atoms with Crippen molar-refractivity contribution in [2.24, 2.45) is 0 Å². The van der Waals surface area contributed by atoms with Gasteiger partial charge >= 0.3 is 0 Å². The van der Waals surface area contributed by atoms with Crippen molar-refractivity contribution in [1.82, 2.24) is 0 Å². The van der Waals surface area contributed by atoms with Crippen LogP contribution in [0.3, 0.4) is 0 Å². The van der Waals surface area contributed by atoms with Gasteiger partial charge in [0.15, 0.2) is 11.2 Å². The van der Waals surface area contributed by atoms with E-state index in [2.05, 4.69) is 26.6 Å². The average Bonchev–Trinajstić information content (AvgIpc) is 2.56. The molecule has 3 rings (SSSR count). The molecule has 0 saturated carbocycles. The summed E-state index contributed by atoms with van der Waals surface area (Å²) in [6.07, 6.45) is 0. The van der Waals surface area contributed by atoms with Crippen LogP contribution in [0.2, 0.25) is 0 Å². The van der Waals surface area contributed by atoms with E-state index in [1.807, 2.05) is 0 Å². The Bertz CT molecular complexity index is 1030. The molecule has 1 heterocycles. The smallest absolute Gasteiger partial charge is 0.291 e. The lowest BCUT2D eigenvalue weighted by atomic mass is 10.2. The maximum absolute atomic E-state index is 12.3. The minimum Gasteiger partial charge on any atom is -0.451 e. The molecule has 0 atom stereocenters. The number of benzene rings is 2. The van der Waals surface area contributed by atoms with E-state index in [1.54, 1.807) is 42.5 Å². The average molecular weight is 401 g/mol. The van der Waals surface area contributed by atoms with E-state index in [9.17, 15) is 14.4 Å². The third-order valence-electron chi connectivity index (χ3n) is 3.38. The fourth-order valence-electron chi connectivity index (χ4n) is 2.27. The summed E-state index contributed by atoms with van der Waals surface area (Å²) in [6, 6.07) is 12.8. The Hall–Kier alpha value is -2.93.